The van der Waals surface area contributed by atoms with Crippen molar-refractivity contribution in [2.24, 2.45) is 0 Å². The van der Waals surface area contributed by atoms with Gasteiger partial charge in [-0.15, -0.1) is 0 Å². The summed E-state index contributed by atoms with van der Waals surface area (Å²) < 4.78 is 39.0. The first-order valence-electron chi connectivity index (χ1n) is 6.03. The van der Waals surface area contributed by atoms with Crippen molar-refractivity contribution in [2.75, 3.05) is 13.1 Å². The van der Waals surface area contributed by atoms with E-state index in [2.05, 4.69) is 4.98 Å². The number of likely N-dealkylation sites (tertiary alicyclic amines) is 1. The Labute approximate surface area is 123 Å². The zero-order valence-corrected chi connectivity index (χ0v) is 11.5. The van der Waals surface area contributed by atoms with Gasteiger partial charge in [-0.3, -0.25) is 4.79 Å². The van der Waals surface area contributed by atoms with Crippen LogP contribution in [0.2, 0.25) is 5.02 Å². The number of hydrogen-bond donors (Lipinski definition) is 0. The second-order valence-electron chi connectivity index (χ2n) is 4.26. The van der Waals surface area contributed by atoms with Crippen LogP contribution in [-0.4, -0.2) is 31.2 Å². The summed E-state index contributed by atoms with van der Waals surface area (Å²) in [5.74, 6) is -0.118. The average Bonchev–Trinajstić information content (AvgIpc) is 2.89. The summed E-state index contributed by atoms with van der Waals surface area (Å²) in [5.41, 5.74) is 0.623. The van der Waals surface area contributed by atoms with Crippen molar-refractivity contribution in [3.63, 3.8) is 0 Å². The smallest absolute Gasteiger partial charge is 0.418 e. The van der Waals surface area contributed by atoms with E-state index in [0.717, 1.165) is 25.9 Å². The van der Waals surface area contributed by atoms with Crippen LogP contribution in [-0.2, 0) is 0 Å². The number of diazo groups is 1. The Morgan fingerprint density at radius 3 is 2.24 bits per heavy atom. The summed E-state index contributed by atoms with van der Waals surface area (Å²) in [4.78, 5) is 16.9. The molecule has 1 amide bonds. The summed E-state index contributed by atoms with van der Waals surface area (Å²) in [5, 5.41) is 9.28. The predicted molar refractivity (Wildman–Crippen MR) is 71.5 cm³/mol. The van der Waals surface area contributed by atoms with Crippen LogP contribution in [0.1, 0.15) is 23.2 Å². The van der Waals surface area contributed by atoms with E-state index in [1.165, 1.54) is 12.1 Å². The molecular weight excluding hydrogens is 312 g/mol. The van der Waals surface area contributed by atoms with E-state index in [9.17, 15) is 22.1 Å². The van der Waals surface area contributed by atoms with Crippen LogP contribution in [0, 0.1) is 5.39 Å². The fourth-order valence-corrected chi connectivity index (χ4v) is 2.03. The first kappa shape index (κ1) is 17.2. The first-order chi connectivity index (χ1) is 9.72. The maximum absolute atomic E-state index is 12.1. The largest absolute Gasteiger partial charge is 0.673 e. The van der Waals surface area contributed by atoms with Crippen LogP contribution in [0.25, 0.3) is 4.98 Å². The SMILES string of the molecule is F[B-](F)(F)F.N#[N+]c1ccc(Cl)cc1C(=O)N1CCCC1. The molecule has 0 spiro atoms. The number of carbonyl (C=O) groups is 1. The highest BCUT2D eigenvalue weighted by atomic mass is 35.5. The molecule has 1 saturated heterocycles. The van der Waals surface area contributed by atoms with E-state index in [1.807, 2.05) is 0 Å². The van der Waals surface area contributed by atoms with Gasteiger partial charge in [-0.1, -0.05) is 11.6 Å². The maximum Gasteiger partial charge on any atom is 0.673 e. The molecule has 21 heavy (non-hydrogen) atoms. The molecule has 2 rings (SSSR count). The molecule has 0 atom stereocenters. The van der Waals surface area contributed by atoms with Gasteiger partial charge in [0.25, 0.3) is 5.91 Å². The lowest BCUT2D eigenvalue weighted by atomic mass is 10.1. The van der Waals surface area contributed by atoms with Gasteiger partial charge in [-0.2, -0.15) is 0 Å². The maximum atomic E-state index is 12.1. The number of carbonyl (C=O) groups excluding carboxylic acids is 1. The van der Waals surface area contributed by atoms with Crippen LogP contribution in [0.5, 0.6) is 0 Å². The number of halogens is 5. The summed E-state index contributed by atoms with van der Waals surface area (Å²) in [6.07, 6.45) is 2.05. The summed E-state index contributed by atoms with van der Waals surface area (Å²) in [6, 6.07) is 4.67. The van der Waals surface area contributed by atoms with Crippen molar-refractivity contribution in [3.8, 4) is 0 Å². The van der Waals surface area contributed by atoms with Crippen LogP contribution >= 0.6 is 11.6 Å². The van der Waals surface area contributed by atoms with Gasteiger partial charge in [-0.25, -0.2) is 0 Å². The van der Waals surface area contributed by atoms with E-state index in [-0.39, 0.29) is 11.6 Å². The Kier molecular flexibility index (Phi) is 5.96. The minimum atomic E-state index is -6.00. The Morgan fingerprint density at radius 1 is 1.24 bits per heavy atom. The van der Waals surface area contributed by atoms with Gasteiger partial charge >= 0.3 is 12.9 Å². The van der Waals surface area contributed by atoms with Crippen molar-refractivity contribution >= 4 is 30.4 Å². The highest BCUT2D eigenvalue weighted by Gasteiger charge is 2.27. The lowest BCUT2D eigenvalue weighted by Gasteiger charge is -2.13. The molecule has 10 heteroatoms. The Bertz CT molecular complexity index is 549. The molecule has 4 nitrogen and oxygen atoms in total. The summed E-state index contributed by atoms with van der Waals surface area (Å²) in [7, 11) is -6.00. The average molecular weight is 323 g/mol. The molecule has 0 aromatic heterocycles. The molecule has 1 aliphatic heterocycles. The molecule has 1 aliphatic rings. The van der Waals surface area contributed by atoms with Gasteiger partial charge < -0.3 is 22.2 Å². The normalized spacial score (nSPS) is 14.2. The lowest BCUT2D eigenvalue weighted by Crippen LogP contribution is -2.27. The molecule has 0 aliphatic carbocycles. The zero-order chi connectivity index (χ0) is 16.0. The summed E-state index contributed by atoms with van der Waals surface area (Å²) >= 11 is 5.83. The van der Waals surface area contributed by atoms with Crippen molar-refractivity contribution in [1.29, 1.82) is 5.39 Å². The van der Waals surface area contributed by atoms with E-state index in [0.29, 0.717) is 10.6 Å². The minimum absolute atomic E-state index is 0.118. The van der Waals surface area contributed by atoms with Crippen LogP contribution in [0.3, 0.4) is 0 Å². The number of benzene rings is 1. The molecule has 0 saturated carbocycles. The van der Waals surface area contributed by atoms with E-state index < -0.39 is 7.25 Å². The summed E-state index contributed by atoms with van der Waals surface area (Å²) in [6.45, 7) is 1.52. The van der Waals surface area contributed by atoms with Gasteiger partial charge in [0.2, 0.25) is 5.39 Å². The van der Waals surface area contributed by atoms with Crippen molar-refractivity contribution in [1.82, 2.24) is 4.90 Å². The molecule has 0 radical (unpaired) electrons. The van der Waals surface area contributed by atoms with Crippen LogP contribution < -0.4 is 0 Å². The van der Waals surface area contributed by atoms with E-state index in [4.69, 9.17) is 17.0 Å². The predicted octanol–water partition coefficient (Wildman–Crippen LogP) is 4.36. The Hall–Kier alpha value is -1.82. The van der Waals surface area contributed by atoms with Gasteiger partial charge in [0, 0.05) is 24.2 Å². The van der Waals surface area contributed by atoms with E-state index in [1.54, 1.807) is 11.0 Å². The number of hydrogen-bond acceptors (Lipinski definition) is 2. The number of amides is 1. The Morgan fingerprint density at radius 2 is 1.76 bits per heavy atom. The molecule has 1 heterocycles. The standard InChI is InChI=1S/C11H11ClN3O.BF4/c12-8-3-4-10(14-13)9(7-8)11(16)15-5-1-2-6-15;2-1(3,4)5/h3-4,7H,1-2,5-6H2;/q+1;-1. The molecule has 114 valence electrons. The topological polar surface area (TPSA) is 48.5 Å². The minimum Gasteiger partial charge on any atom is -0.418 e. The van der Waals surface area contributed by atoms with Crippen molar-refractivity contribution in [2.45, 2.75) is 12.8 Å². The second kappa shape index (κ2) is 7.27. The molecule has 0 bridgehead atoms. The van der Waals surface area contributed by atoms with Crippen LogP contribution in [0.15, 0.2) is 18.2 Å². The quantitative estimate of drug-likeness (QED) is 0.438. The first-order valence-corrected chi connectivity index (χ1v) is 6.41. The fraction of sp³-hybridized carbons (Fsp3) is 0.364. The Balaban J connectivity index is 0.000000383. The third-order valence-electron chi connectivity index (χ3n) is 2.69. The monoisotopic (exact) mass is 323 g/mol. The van der Waals surface area contributed by atoms with E-state index >= 15 is 0 Å². The molecule has 1 aromatic rings. The molecule has 0 unspecified atom stereocenters. The molecule has 1 fully saturated rings. The van der Waals surface area contributed by atoms with Gasteiger partial charge in [-0.05, 0) is 25.0 Å². The molecule has 1 aromatic carbocycles. The fourth-order valence-electron chi connectivity index (χ4n) is 1.86. The van der Waals surface area contributed by atoms with Gasteiger partial charge in [0.1, 0.15) is 5.56 Å². The third-order valence-corrected chi connectivity index (χ3v) is 2.93. The van der Waals surface area contributed by atoms with Gasteiger partial charge in [0.15, 0.2) is 4.98 Å². The zero-order valence-electron chi connectivity index (χ0n) is 10.8. The van der Waals surface area contributed by atoms with Crippen LogP contribution in [0.4, 0.5) is 23.0 Å². The van der Waals surface area contributed by atoms with Crippen molar-refractivity contribution in [3.05, 3.63) is 33.8 Å². The highest BCUT2D eigenvalue weighted by molar-refractivity contribution is 6.50. The molecular formula is C11H11BClF4N3O. The number of rotatable bonds is 1. The third kappa shape index (κ3) is 6.00. The van der Waals surface area contributed by atoms with Crippen molar-refractivity contribution < 1.29 is 22.1 Å². The lowest BCUT2D eigenvalue weighted by molar-refractivity contribution is 0.0794. The van der Waals surface area contributed by atoms with Gasteiger partial charge in [0.05, 0.1) is 0 Å². The number of nitrogens with zero attached hydrogens (tertiary/aromatic N) is 3. The second-order valence-corrected chi connectivity index (χ2v) is 4.69. The molecule has 0 N–H and O–H groups in total. The highest BCUT2D eigenvalue weighted by Crippen LogP contribution is 2.25.